The molecule has 0 aromatic rings. The lowest BCUT2D eigenvalue weighted by molar-refractivity contribution is 0.627. The SMILES string of the molecule is O=S(=O)=C1CC1Cl. The molecule has 1 unspecified atom stereocenters. The van der Waals surface area contributed by atoms with Crippen molar-refractivity contribution >= 4 is 26.8 Å². The number of alkyl halides is 1. The number of hydrogen-bond donors (Lipinski definition) is 0. The van der Waals surface area contributed by atoms with E-state index in [0.717, 1.165) is 0 Å². The molecule has 2 nitrogen and oxygen atoms in total. The maximum atomic E-state index is 9.85. The van der Waals surface area contributed by atoms with Crippen LogP contribution in [0, 0.1) is 0 Å². The lowest BCUT2D eigenvalue weighted by Gasteiger charge is -1.54. The number of hydrogen-bond acceptors (Lipinski definition) is 2. The molecule has 0 radical (unpaired) electrons. The summed E-state index contributed by atoms with van der Waals surface area (Å²) in [7, 11) is -2.00. The fourth-order valence-corrected chi connectivity index (χ4v) is 1.28. The third kappa shape index (κ3) is 0.951. The van der Waals surface area contributed by atoms with E-state index in [1.807, 2.05) is 0 Å². The van der Waals surface area contributed by atoms with E-state index >= 15 is 0 Å². The Hall–Kier alpha value is -0.0200. The fraction of sp³-hybridized carbons (Fsp3) is 0.667. The molecular weight excluding hydrogens is 136 g/mol. The van der Waals surface area contributed by atoms with Crippen LogP contribution in [-0.4, -0.2) is 18.7 Å². The lowest BCUT2D eigenvalue weighted by atomic mass is 11.0. The van der Waals surface area contributed by atoms with E-state index in [-0.39, 0.29) is 5.38 Å². The second-order valence-electron chi connectivity index (χ2n) is 1.37. The molecule has 1 fully saturated rings. The Morgan fingerprint density at radius 1 is 1.71 bits per heavy atom. The zero-order valence-corrected chi connectivity index (χ0v) is 4.96. The zero-order valence-electron chi connectivity index (χ0n) is 3.39. The minimum Gasteiger partial charge on any atom is -0.185 e. The Kier molecular flexibility index (Phi) is 1.09. The standard InChI is InChI=1S/C3H3ClO2S/c4-2-1-3(2)7(5)6/h2H,1H2. The van der Waals surface area contributed by atoms with Crippen molar-refractivity contribution < 1.29 is 8.42 Å². The first-order chi connectivity index (χ1) is 3.22. The van der Waals surface area contributed by atoms with Crippen molar-refractivity contribution in [1.82, 2.24) is 0 Å². The molecule has 40 valence electrons. The van der Waals surface area contributed by atoms with Crippen LogP contribution >= 0.6 is 11.6 Å². The van der Waals surface area contributed by atoms with Crippen molar-refractivity contribution in [1.29, 1.82) is 0 Å². The van der Waals surface area contributed by atoms with E-state index in [1.165, 1.54) is 0 Å². The van der Waals surface area contributed by atoms with Gasteiger partial charge in [0.05, 0.1) is 10.2 Å². The first-order valence-corrected chi connectivity index (χ1v) is 3.32. The van der Waals surface area contributed by atoms with Gasteiger partial charge in [0.15, 0.2) is 0 Å². The predicted molar refractivity (Wildman–Crippen MR) is 28.2 cm³/mol. The van der Waals surface area contributed by atoms with Crippen LogP contribution in [0.15, 0.2) is 0 Å². The molecule has 0 N–H and O–H groups in total. The molecule has 1 rings (SSSR count). The van der Waals surface area contributed by atoms with Gasteiger partial charge < -0.3 is 0 Å². The molecule has 0 saturated heterocycles. The van der Waals surface area contributed by atoms with Gasteiger partial charge in [-0.15, -0.1) is 11.6 Å². The Bertz CT molecular complexity index is 195. The van der Waals surface area contributed by atoms with Gasteiger partial charge in [-0.1, -0.05) is 0 Å². The van der Waals surface area contributed by atoms with Crippen LogP contribution in [-0.2, 0) is 10.3 Å². The lowest BCUT2D eigenvalue weighted by Crippen LogP contribution is -1.71. The second kappa shape index (κ2) is 1.49. The Morgan fingerprint density at radius 3 is 2.14 bits per heavy atom. The molecule has 0 aliphatic heterocycles. The van der Waals surface area contributed by atoms with Gasteiger partial charge >= 0.3 is 0 Å². The van der Waals surface area contributed by atoms with Crippen LogP contribution < -0.4 is 0 Å². The monoisotopic (exact) mass is 138 g/mol. The summed E-state index contributed by atoms with van der Waals surface area (Å²) >= 11 is 5.32. The molecule has 1 atom stereocenters. The molecule has 0 aromatic carbocycles. The topological polar surface area (TPSA) is 34.1 Å². The minimum atomic E-state index is -2.00. The summed E-state index contributed by atoms with van der Waals surface area (Å²) in [5.41, 5.74) is 0. The summed E-state index contributed by atoms with van der Waals surface area (Å²) in [6.45, 7) is 0. The number of halogens is 1. The molecule has 4 heteroatoms. The maximum absolute atomic E-state index is 9.85. The first-order valence-electron chi connectivity index (χ1n) is 1.81. The van der Waals surface area contributed by atoms with E-state index in [0.29, 0.717) is 11.3 Å². The van der Waals surface area contributed by atoms with Gasteiger partial charge in [0, 0.05) is 6.42 Å². The van der Waals surface area contributed by atoms with Crippen LogP contribution in [0.25, 0.3) is 0 Å². The average molecular weight is 139 g/mol. The minimum absolute atomic E-state index is 0.182. The summed E-state index contributed by atoms with van der Waals surface area (Å²) in [5, 5.41) is -0.182. The van der Waals surface area contributed by atoms with Gasteiger partial charge in [-0.3, -0.25) is 0 Å². The fourth-order valence-electron chi connectivity index (χ4n) is 0.290. The summed E-state index contributed by atoms with van der Waals surface area (Å²) in [4.78, 5) is 0.446. The largest absolute Gasteiger partial charge is 0.214 e. The van der Waals surface area contributed by atoms with Crippen LogP contribution in [0.1, 0.15) is 6.42 Å². The van der Waals surface area contributed by atoms with Crippen molar-refractivity contribution in [3.8, 4) is 0 Å². The summed E-state index contributed by atoms with van der Waals surface area (Å²) in [6, 6.07) is 0. The first kappa shape index (κ1) is 5.12. The highest BCUT2D eigenvalue weighted by atomic mass is 35.5. The molecular formula is C3H3ClO2S. The van der Waals surface area contributed by atoms with Crippen molar-refractivity contribution in [2.45, 2.75) is 11.8 Å². The Balaban J connectivity index is 3.01. The molecule has 7 heavy (non-hydrogen) atoms. The zero-order chi connectivity index (χ0) is 5.44. The summed E-state index contributed by atoms with van der Waals surface area (Å²) in [5.74, 6) is 0. The van der Waals surface area contributed by atoms with E-state index in [1.54, 1.807) is 0 Å². The van der Waals surface area contributed by atoms with Crippen molar-refractivity contribution in [2.24, 2.45) is 0 Å². The average Bonchev–Trinajstić information content (AvgIpc) is 2.17. The molecule has 1 saturated carbocycles. The molecule has 1 aliphatic carbocycles. The third-order valence-electron chi connectivity index (χ3n) is 0.784. The highest BCUT2D eigenvalue weighted by Gasteiger charge is 2.30. The third-order valence-corrected chi connectivity index (χ3v) is 2.21. The van der Waals surface area contributed by atoms with E-state index in [2.05, 4.69) is 0 Å². The van der Waals surface area contributed by atoms with Gasteiger partial charge in [-0.2, -0.15) is 8.42 Å². The van der Waals surface area contributed by atoms with E-state index < -0.39 is 10.3 Å². The van der Waals surface area contributed by atoms with Gasteiger partial charge in [-0.05, 0) is 0 Å². The smallest absolute Gasteiger partial charge is 0.185 e. The van der Waals surface area contributed by atoms with E-state index in [9.17, 15) is 8.42 Å². The van der Waals surface area contributed by atoms with Gasteiger partial charge in [0.1, 0.15) is 0 Å². The Labute approximate surface area is 47.6 Å². The van der Waals surface area contributed by atoms with Crippen molar-refractivity contribution in [2.75, 3.05) is 0 Å². The van der Waals surface area contributed by atoms with E-state index in [4.69, 9.17) is 11.6 Å². The second-order valence-corrected chi connectivity index (χ2v) is 2.89. The quantitative estimate of drug-likeness (QED) is 0.350. The van der Waals surface area contributed by atoms with Crippen LogP contribution in [0.4, 0.5) is 0 Å². The highest BCUT2D eigenvalue weighted by Crippen LogP contribution is 2.21. The molecule has 0 amide bonds. The maximum Gasteiger partial charge on any atom is 0.214 e. The highest BCUT2D eigenvalue weighted by molar-refractivity contribution is 7.74. The van der Waals surface area contributed by atoms with Crippen LogP contribution in [0.2, 0.25) is 0 Å². The van der Waals surface area contributed by atoms with Gasteiger partial charge in [0.2, 0.25) is 10.3 Å². The Morgan fingerprint density at radius 2 is 2.14 bits per heavy atom. The molecule has 0 heterocycles. The predicted octanol–water partition coefficient (Wildman–Crippen LogP) is 0.0490. The van der Waals surface area contributed by atoms with Crippen LogP contribution in [0.3, 0.4) is 0 Å². The van der Waals surface area contributed by atoms with Gasteiger partial charge in [0.25, 0.3) is 0 Å². The molecule has 0 aromatic heterocycles. The summed E-state index contributed by atoms with van der Waals surface area (Å²) < 4.78 is 19.7. The molecule has 1 aliphatic rings. The molecule has 0 bridgehead atoms. The number of rotatable bonds is 0. The van der Waals surface area contributed by atoms with Gasteiger partial charge in [-0.25, -0.2) is 0 Å². The van der Waals surface area contributed by atoms with Crippen molar-refractivity contribution in [3.63, 3.8) is 0 Å². The van der Waals surface area contributed by atoms with Crippen LogP contribution in [0.5, 0.6) is 0 Å². The molecule has 0 spiro atoms. The normalized spacial score (nSPS) is 27.6. The van der Waals surface area contributed by atoms with Crippen molar-refractivity contribution in [3.05, 3.63) is 0 Å². The summed E-state index contributed by atoms with van der Waals surface area (Å²) in [6.07, 6.45) is 0.553.